The van der Waals surface area contributed by atoms with Crippen LogP contribution in [0.4, 0.5) is 0 Å². The molecule has 0 unspecified atom stereocenters. The Balaban J connectivity index is 2.05. The van der Waals surface area contributed by atoms with E-state index in [1.54, 1.807) is 6.92 Å². The Morgan fingerprint density at radius 2 is 1.71 bits per heavy atom. The van der Waals surface area contributed by atoms with Gasteiger partial charge in [0.25, 0.3) is 0 Å². The number of benzene rings is 2. The van der Waals surface area contributed by atoms with Gasteiger partial charge in [0.1, 0.15) is 5.75 Å². The van der Waals surface area contributed by atoms with Crippen molar-refractivity contribution in [3.8, 4) is 5.75 Å². The Morgan fingerprint density at radius 1 is 1.08 bits per heavy atom. The minimum absolute atomic E-state index is 0.121. The Kier molecular flexibility index (Phi) is 5.94. The molecule has 0 aliphatic carbocycles. The van der Waals surface area contributed by atoms with E-state index in [-0.39, 0.29) is 17.5 Å². The maximum atomic E-state index is 12.4. The maximum absolute atomic E-state index is 12.4. The van der Waals surface area contributed by atoms with Crippen LogP contribution in [-0.4, -0.2) is 28.1 Å². The number of hydrogen-bond acceptors (Lipinski definition) is 5. The molecule has 0 bridgehead atoms. The largest absolute Gasteiger partial charge is 0.482 e. The van der Waals surface area contributed by atoms with Crippen molar-refractivity contribution in [3.63, 3.8) is 0 Å². The summed E-state index contributed by atoms with van der Waals surface area (Å²) in [5.41, 5.74) is 0.874. The zero-order chi connectivity index (χ0) is 17.6. The molecule has 0 saturated carbocycles. The Bertz CT molecular complexity index is 772. The van der Waals surface area contributed by atoms with E-state index in [4.69, 9.17) is 4.74 Å². The van der Waals surface area contributed by atoms with Gasteiger partial charge in [-0.25, -0.2) is 17.9 Å². The number of carbonyl (C=O) groups is 1. The first-order chi connectivity index (χ1) is 11.4. The summed E-state index contributed by atoms with van der Waals surface area (Å²) in [6.45, 7) is 1.55. The molecule has 1 atom stereocenters. The monoisotopic (exact) mass is 349 g/mol. The van der Waals surface area contributed by atoms with Crippen LogP contribution in [0.5, 0.6) is 5.75 Å². The molecule has 0 fully saturated rings. The van der Waals surface area contributed by atoms with Crippen LogP contribution < -0.4 is 9.46 Å². The SMILES string of the molecule is COC(=O)COc1ccc(S(=O)(=O)N[C@H](C)c2ccccc2)cc1. The third-order valence-electron chi connectivity index (χ3n) is 3.35. The van der Waals surface area contributed by atoms with E-state index >= 15 is 0 Å². The van der Waals surface area contributed by atoms with E-state index < -0.39 is 16.0 Å². The highest BCUT2D eigenvalue weighted by Crippen LogP contribution is 2.19. The highest BCUT2D eigenvalue weighted by atomic mass is 32.2. The van der Waals surface area contributed by atoms with Gasteiger partial charge < -0.3 is 9.47 Å². The zero-order valence-corrected chi connectivity index (χ0v) is 14.2. The second-order valence-electron chi connectivity index (χ2n) is 5.09. The molecule has 0 aliphatic rings. The maximum Gasteiger partial charge on any atom is 0.343 e. The van der Waals surface area contributed by atoms with Gasteiger partial charge in [0.05, 0.1) is 12.0 Å². The van der Waals surface area contributed by atoms with Crippen molar-refractivity contribution in [3.05, 3.63) is 60.2 Å². The summed E-state index contributed by atoms with van der Waals surface area (Å²) in [7, 11) is -2.39. The molecule has 7 heteroatoms. The fourth-order valence-electron chi connectivity index (χ4n) is 2.03. The van der Waals surface area contributed by atoms with Crippen molar-refractivity contribution in [2.24, 2.45) is 0 Å². The fourth-order valence-corrected chi connectivity index (χ4v) is 3.26. The van der Waals surface area contributed by atoms with Crippen molar-refractivity contribution in [2.45, 2.75) is 17.9 Å². The molecule has 1 N–H and O–H groups in total. The molecule has 0 aromatic heterocycles. The number of hydrogen-bond donors (Lipinski definition) is 1. The average Bonchev–Trinajstić information content (AvgIpc) is 2.60. The molecule has 0 heterocycles. The summed E-state index contributed by atoms with van der Waals surface area (Å²) in [4.78, 5) is 11.1. The van der Waals surface area contributed by atoms with Crippen molar-refractivity contribution in [1.82, 2.24) is 4.72 Å². The lowest BCUT2D eigenvalue weighted by Crippen LogP contribution is -2.26. The van der Waals surface area contributed by atoms with Gasteiger partial charge in [-0.1, -0.05) is 30.3 Å². The van der Waals surface area contributed by atoms with Crippen molar-refractivity contribution in [1.29, 1.82) is 0 Å². The topological polar surface area (TPSA) is 81.7 Å². The van der Waals surface area contributed by atoms with Crippen LogP contribution in [0.25, 0.3) is 0 Å². The number of ether oxygens (including phenoxy) is 2. The highest BCUT2D eigenvalue weighted by molar-refractivity contribution is 7.89. The third-order valence-corrected chi connectivity index (χ3v) is 4.91. The summed E-state index contributed by atoms with van der Waals surface area (Å²) in [5.74, 6) is -0.125. The molecule has 0 spiro atoms. The first kappa shape index (κ1) is 18.0. The molecule has 2 aromatic carbocycles. The normalized spacial score (nSPS) is 12.4. The molecule has 0 amide bonds. The minimum atomic E-state index is -3.66. The number of carbonyl (C=O) groups excluding carboxylic acids is 1. The molecule has 2 aromatic rings. The second-order valence-corrected chi connectivity index (χ2v) is 6.80. The van der Waals surface area contributed by atoms with Gasteiger partial charge in [-0.05, 0) is 36.8 Å². The number of nitrogens with one attached hydrogen (secondary N) is 1. The first-order valence-corrected chi connectivity index (χ1v) is 8.77. The van der Waals surface area contributed by atoms with Crippen molar-refractivity contribution < 1.29 is 22.7 Å². The molecule has 0 radical (unpaired) electrons. The van der Waals surface area contributed by atoms with Crippen LogP contribution in [0.1, 0.15) is 18.5 Å². The first-order valence-electron chi connectivity index (χ1n) is 7.29. The lowest BCUT2D eigenvalue weighted by Gasteiger charge is -2.15. The second kappa shape index (κ2) is 7.94. The van der Waals surface area contributed by atoms with Crippen LogP contribution in [0, 0.1) is 0 Å². The quantitative estimate of drug-likeness (QED) is 0.776. The van der Waals surface area contributed by atoms with E-state index in [1.165, 1.54) is 31.4 Å². The van der Waals surface area contributed by atoms with E-state index in [0.717, 1.165) is 5.56 Å². The van der Waals surface area contributed by atoms with Crippen LogP contribution in [-0.2, 0) is 19.6 Å². The fraction of sp³-hybridized carbons (Fsp3) is 0.235. The smallest absolute Gasteiger partial charge is 0.343 e. The molecular formula is C17H19NO5S. The van der Waals surface area contributed by atoms with Gasteiger partial charge in [0, 0.05) is 6.04 Å². The van der Waals surface area contributed by atoms with Gasteiger partial charge in [0.15, 0.2) is 6.61 Å². The summed E-state index contributed by atoms with van der Waals surface area (Å²) in [5, 5.41) is 0. The molecule has 24 heavy (non-hydrogen) atoms. The summed E-state index contributed by atoms with van der Waals surface area (Å²) in [6, 6.07) is 14.8. The van der Waals surface area contributed by atoms with Gasteiger partial charge >= 0.3 is 5.97 Å². The average molecular weight is 349 g/mol. The predicted molar refractivity (Wildman–Crippen MR) is 89.1 cm³/mol. The lowest BCUT2D eigenvalue weighted by molar-refractivity contribution is -0.142. The molecule has 2 rings (SSSR count). The van der Waals surface area contributed by atoms with Gasteiger partial charge in [-0.3, -0.25) is 0 Å². The van der Waals surface area contributed by atoms with Gasteiger partial charge in [-0.2, -0.15) is 0 Å². The van der Waals surface area contributed by atoms with Crippen molar-refractivity contribution >= 4 is 16.0 Å². The minimum Gasteiger partial charge on any atom is -0.482 e. The Morgan fingerprint density at radius 3 is 2.29 bits per heavy atom. The molecule has 0 aliphatic heterocycles. The van der Waals surface area contributed by atoms with Crippen LogP contribution in [0.3, 0.4) is 0 Å². The van der Waals surface area contributed by atoms with Crippen molar-refractivity contribution in [2.75, 3.05) is 13.7 Å². The third kappa shape index (κ3) is 4.81. The zero-order valence-electron chi connectivity index (χ0n) is 13.4. The van der Waals surface area contributed by atoms with Gasteiger partial charge in [-0.15, -0.1) is 0 Å². The van der Waals surface area contributed by atoms with Gasteiger partial charge in [0.2, 0.25) is 10.0 Å². The Hall–Kier alpha value is -2.38. The van der Waals surface area contributed by atoms with Crippen LogP contribution in [0.2, 0.25) is 0 Å². The molecule has 0 saturated heterocycles. The standard InChI is InChI=1S/C17H19NO5S/c1-13(14-6-4-3-5-7-14)18-24(20,21)16-10-8-15(9-11-16)23-12-17(19)22-2/h3-11,13,18H,12H2,1-2H3/t13-/m1/s1. The molecular weight excluding hydrogens is 330 g/mol. The summed E-state index contributed by atoms with van der Waals surface area (Å²) >= 11 is 0. The summed E-state index contributed by atoms with van der Waals surface area (Å²) in [6.07, 6.45) is 0. The highest BCUT2D eigenvalue weighted by Gasteiger charge is 2.18. The van der Waals surface area contributed by atoms with Crippen LogP contribution in [0.15, 0.2) is 59.5 Å². The van der Waals surface area contributed by atoms with E-state index in [1.807, 2.05) is 30.3 Å². The van der Waals surface area contributed by atoms with E-state index in [9.17, 15) is 13.2 Å². The van der Waals surface area contributed by atoms with Crippen LogP contribution >= 0.6 is 0 Å². The number of methoxy groups -OCH3 is 1. The molecule has 6 nitrogen and oxygen atoms in total. The van der Waals surface area contributed by atoms with E-state index in [2.05, 4.69) is 9.46 Å². The lowest BCUT2D eigenvalue weighted by atomic mass is 10.1. The predicted octanol–water partition coefficient (Wildman–Crippen LogP) is 2.28. The van der Waals surface area contributed by atoms with E-state index in [0.29, 0.717) is 5.75 Å². The number of sulfonamides is 1. The Labute approximate surface area is 141 Å². The number of rotatable bonds is 7. The summed E-state index contributed by atoms with van der Waals surface area (Å²) < 4.78 is 37.1. The number of esters is 1. The molecule has 128 valence electrons.